The van der Waals surface area contributed by atoms with Crippen LogP contribution in [0.15, 0.2) is 67.1 Å². The Kier molecular flexibility index (Phi) is 7.90. The SMILES string of the molecule is COCCN1C[C@@H](CC(=O)Cc2c(C)c(-c3cnc4c(cnn4C)c3)nn2-c2ccccc2)[C@H](c2ccnc(F)c2)C1. The van der Waals surface area contributed by atoms with E-state index in [9.17, 15) is 9.18 Å². The molecule has 9 nitrogen and oxygen atoms in total. The highest BCUT2D eigenvalue weighted by Crippen LogP contribution is 2.36. The molecule has 0 unspecified atom stereocenters. The molecule has 0 N–H and O–H groups in total. The molecule has 1 aromatic carbocycles. The van der Waals surface area contributed by atoms with Gasteiger partial charge < -0.3 is 9.64 Å². The molecular weight excluding hydrogens is 533 g/mol. The molecule has 42 heavy (non-hydrogen) atoms. The molecule has 0 amide bonds. The summed E-state index contributed by atoms with van der Waals surface area (Å²) in [6.07, 6.45) is 5.73. The number of fused-ring (bicyclic) bond motifs is 1. The van der Waals surface area contributed by atoms with Crippen LogP contribution in [0.3, 0.4) is 0 Å². The van der Waals surface area contributed by atoms with Gasteiger partial charge in [-0.3, -0.25) is 9.48 Å². The first-order chi connectivity index (χ1) is 20.4. The second-order valence-corrected chi connectivity index (χ2v) is 11.0. The number of halogens is 1. The summed E-state index contributed by atoms with van der Waals surface area (Å²) in [5.41, 5.74) is 6.03. The highest BCUT2D eigenvalue weighted by Gasteiger charge is 2.35. The quantitative estimate of drug-likeness (QED) is 0.229. The van der Waals surface area contributed by atoms with Crippen molar-refractivity contribution in [3.05, 3.63) is 89.9 Å². The van der Waals surface area contributed by atoms with E-state index in [1.165, 1.54) is 12.3 Å². The molecule has 0 saturated carbocycles. The van der Waals surface area contributed by atoms with Gasteiger partial charge in [0, 0.05) is 75.9 Å². The van der Waals surface area contributed by atoms with Gasteiger partial charge in [0.05, 0.1) is 29.9 Å². The Morgan fingerprint density at radius 1 is 1.10 bits per heavy atom. The number of hydrogen-bond acceptors (Lipinski definition) is 7. The zero-order chi connectivity index (χ0) is 29.2. The third-order valence-electron chi connectivity index (χ3n) is 8.25. The molecular formula is C32H34FN7O2. The molecule has 0 bridgehead atoms. The van der Waals surface area contributed by atoms with Crippen molar-refractivity contribution in [1.29, 1.82) is 0 Å². The number of para-hydroxylation sites is 1. The maximum atomic E-state index is 14.0. The number of likely N-dealkylation sites (tertiary alicyclic amines) is 1. The second kappa shape index (κ2) is 11.9. The topological polar surface area (TPSA) is 91.0 Å². The lowest BCUT2D eigenvalue weighted by molar-refractivity contribution is -0.119. The first-order valence-electron chi connectivity index (χ1n) is 14.2. The molecule has 0 spiro atoms. The predicted molar refractivity (Wildman–Crippen MR) is 158 cm³/mol. The molecule has 10 heteroatoms. The number of nitrogens with zero attached hydrogens (tertiary/aromatic N) is 7. The van der Waals surface area contributed by atoms with Crippen LogP contribution in [0.1, 0.15) is 29.2 Å². The lowest BCUT2D eigenvalue weighted by Crippen LogP contribution is -2.25. The van der Waals surface area contributed by atoms with Gasteiger partial charge >= 0.3 is 0 Å². The van der Waals surface area contributed by atoms with Crippen LogP contribution in [0.5, 0.6) is 0 Å². The van der Waals surface area contributed by atoms with E-state index in [4.69, 9.17) is 9.84 Å². The summed E-state index contributed by atoms with van der Waals surface area (Å²) in [6, 6.07) is 15.3. The molecule has 216 valence electrons. The Morgan fingerprint density at radius 3 is 2.71 bits per heavy atom. The number of rotatable bonds is 10. The fourth-order valence-electron chi connectivity index (χ4n) is 6.12. The van der Waals surface area contributed by atoms with E-state index in [0.29, 0.717) is 13.0 Å². The lowest BCUT2D eigenvalue weighted by Gasteiger charge is -2.18. The van der Waals surface area contributed by atoms with Gasteiger partial charge in [-0.05, 0) is 54.3 Å². The van der Waals surface area contributed by atoms with Gasteiger partial charge in [0.2, 0.25) is 5.95 Å². The summed E-state index contributed by atoms with van der Waals surface area (Å²) < 4.78 is 23.0. The van der Waals surface area contributed by atoms with Crippen LogP contribution in [0.4, 0.5) is 4.39 Å². The van der Waals surface area contributed by atoms with E-state index in [0.717, 1.165) is 64.4 Å². The largest absolute Gasteiger partial charge is 0.383 e. The van der Waals surface area contributed by atoms with Crippen LogP contribution < -0.4 is 0 Å². The first kappa shape index (κ1) is 27.9. The number of carbonyl (C=O) groups is 1. The fraction of sp³-hybridized carbons (Fsp3) is 0.344. The van der Waals surface area contributed by atoms with E-state index < -0.39 is 5.95 Å². The van der Waals surface area contributed by atoms with Crippen molar-refractivity contribution in [1.82, 2.24) is 34.4 Å². The van der Waals surface area contributed by atoms with E-state index >= 15 is 0 Å². The smallest absolute Gasteiger partial charge is 0.213 e. The van der Waals surface area contributed by atoms with Crippen molar-refractivity contribution in [2.75, 3.05) is 33.4 Å². The third kappa shape index (κ3) is 5.60. The number of Topliss-reactive ketones (excluding diaryl/α,β-unsaturated/α-hetero) is 1. The fourth-order valence-corrected chi connectivity index (χ4v) is 6.12. The summed E-state index contributed by atoms with van der Waals surface area (Å²) >= 11 is 0. The maximum Gasteiger partial charge on any atom is 0.213 e. The average Bonchev–Trinajstić information content (AvgIpc) is 3.67. The van der Waals surface area contributed by atoms with Gasteiger partial charge in [-0.2, -0.15) is 14.6 Å². The lowest BCUT2D eigenvalue weighted by atomic mass is 9.85. The highest BCUT2D eigenvalue weighted by atomic mass is 19.1. The number of aromatic nitrogens is 6. The van der Waals surface area contributed by atoms with Crippen molar-refractivity contribution >= 4 is 16.8 Å². The molecule has 5 heterocycles. The highest BCUT2D eigenvalue weighted by molar-refractivity contribution is 5.84. The zero-order valence-electron chi connectivity index (χ0n) is 24.1. The van der Waals surface area contributed by atoms with Gasteiger partial charge in [-0.1, -0.05) is 18.2 Å². The van der Waals surface area contributed by atoms with E-state index in [1.54, 1.807) is 18.0 Å². The standard InChI is InChI=1S/C32H34FN7O2/c1-21-29(16-27(41)14-25-19-39(11-12-42-3)20-28(25)22-9-10-34-30(33)15-22)40(26-7-5-4-6-8-26)37-31(21)23-13-24-18-36-38(2)32(24)35-17-23/h4-10,13,15,17-18,25,28H,11-12,14,16,19-20H2,1-3H3/t25-,28+/m1/s1. The molecule has 1 aliphatic rings. The molecule has 1 saturated heterocycles. The predicted octanol–water partition coefficient (Wildman–Crippen LogP) is 4.53. The summed E-state index contributed by atoms with van der Waals surface area (Å²) in [5, 5.41) is 10.2. The number of ketones is 1. The average molecular weight is 568 g/mol. The molecule has 0 aliphatic carbocycles. The third-order valence-corrected chi connectivity index (χ3v) is 8.25. The van der Waals surface area contributed by atoms with E-state index in [2.05, 4.69) is 20.0 Å². The molecule has 6 rings (SSSR count). The number of carbonyl (C=O) groups excluding carboxylic acids is 1. The molecule has 5 aromatic rings. The maximum absolute atomic E-state index is 14.0. The summed E-state index contributed by atoms with van der Waals surface area (Å²) in [5.74, 6) is -0.278. The molecule has 2 atom stereocenters. The molecule has 1 fully saturated rings. The van der Waals surface area contributed by atoms with Crippen molar-refractivity contribution < 1.29 is 13.9 Å². The van der Waals surface area contributed by atoms with Crippen LogP contribution in [0, 0.1) is 18.8 Å². The molecule has 4 aromatic heterocycles. The first-order valence-corrected chi connectivity index (χ1v) is 14.2. The Labute approximate surface area is 244 Å². The Bertz CT molecular complexity index is 1710. The zero-order valence-corrected chi connectivity index (χ0v) is 24.1. The van der Waals surface area contributed by atoms with Crippen LogP contribution in [-0.2, 0) is 23.0 Å². The van der Waals surface area contributed by atoms with Gasteiger partial charge in [-0.25, -0.2) is 14.6 Å². The second-order valence-electron chi connectivity index (χ2n) is 11.0. The number of methoxy groups -OCH3 is 1. The minimum Gasteiger partial charge on any atom is -0.383 e. The van der Waals surface area contributed by atoms with Crippen LogP contribution in [-0.4, -0.2) is 73.6 Å². The number of benzene rings is 1. The number of ether oxygens (including phenoxy) is 1. The van der Waals surface area contributed by atoms with Gasteiger partial charge in [0.1, 0.15) is 5.78 Å². The summed E-state index contributed by atoms with van der Waals surface area (Å²) in [7, 11) is 3.55. The molecule has 1 aliphatic heterocycles. The monoisotopic (exact) mass is 567 g/mol. The van der Waals surface area contributed by atoms with Crippen molar-refractivity contribution in [2.24, 2.45) is 13.0 Å². The van der Waals surface area contributed by atoms with Gasteiger partial charge in [0.15, 0.2) is 5.65 Å². The number of aryl methyl sites for hydroxylation is 1. The Hall–Kier alpha value is -4.28. The summed E-state index contributed by atoms with van der Waals surface area (Å²) in [4.78, 5) is 24.4. The molecule has 0 radical (unpaired) electrons. The van der Waals surface area contributed by atoms with Gasteiger partial charge in [0.25, 0.3) is 0 Å². The van der Waals surface area contributed by atoms with Crippen molar-refractivity contribution in [3.63, 3.8) is 0 Å². The van der Waals surface area contributed by atoms with E-state index in [1.807, 2.05) is 67.3 Å². The Balaban J connectivity index is 1.30. The minimum absolute atomic E-state index is 0.0382. The van der Waals surface area contributed by atoms with Crippen LogP contribution >= 0.6 is 0 Å². The van der Waals surface area contributed by atoms with Gasteiger partial charge in [-0.15, -0.1) is 0 Å². The normalized spacial score (nSPS) is 17.3. The van der Waals surface area contributed by atoms with Crippen molar-refractivity contribution in [2.45, 2.75) is 25.7 Å². The van der Waals surface area contributed by atoms with Crippen LogP contribution in [0.25, 0.3) is 28.0 Å². The van der Waals surface area contributed by atoms with Crippen molar-refractivity contribution in [3.8, 4) is 16.9 Å². The van der Waals surface area contributed by atoms with Crippen LogP contribution in [0.2, 0.25) is 0 Å². The minimum atomic E-state index is -0.498. The van der Waals surface area contributed by atoms with E-state index in [-0.39, 0.29) is 24.0 Å². The number of pyridine rings is 2. The summed E-state index contributed by atoms with van der Waals surface area (Å²) in [6.45, 7) is 4.89. The Morgan fingerprint density at radius 2 is 1.93 bits per heavy atom. The number of hydrogen-bond donors (Lipinski definition) is 0.